The Balaban J connectivity index is 0.00000205. The average Bonchev–Trinajstić information content (AvgIpc) is 3.36. The predicted octanol–water partition coefficient (Wildman–Crippen LogP) is 2.51. The summed E-state index contributed by atoms with van der Waals surface area (Å²) in [5.41, 5.74) is 2.01. The van der Waals surface area contributed by atoms with E-state index in [1.165, 1.54) is 12.1 Å². The van der Waals surface area contributed by atoms with Gasteiger partial charge in [-0.15, -0.1) is 22.6 Å². The van der Waals surface area contributed by atoms with Crippen molar-refractivity contribution in [3.05, 3.63) is 59.7 Å². The van der Waals surface area contributed by atoms with Crippen molar-refractivity contribution in [3.8, 4) is 5.69 Å². The number of likely N-dealkylation sites (tertiary alicyclic amines) is 1. The molecule has 29 heavy (non-hydrogen) atoms. The van der Waals surface area contributed by atoms with Crippen molar-refractivity contribution in [2.24, 2.45) is 0 Å². The number of nitrogens with zero attached hydrogens (tertiary/aromatic N) is 6. The van der Waals surface area contributed by atoms with Crippen LogP contribution in [0.5, 0.6) is 0 Å². The van der Waals surface area contributed by atoms with Crippen LogP contribution in [0.4, 0.5) is 4.39 Å². The predicted molar refractivity (Wildman–Crippen MR) is 110 cm³/mol. The quantitative estimate of drug-likeness (QED) is 0.706. The van der Waals surface area contributed by atoms with Crippen molar-refractivity contribution in [2.45, 2.75) is 38.4 Å². The number of aromatic nitrogens is 5. The van der Waals surface area contributed by atoms with Crippen molar-refractivity contribution in [1.82, 2.24) is 34.8 Å². The Labute approximate surface area is 175 Å². The molecule has 0 atom stereocenters. The molecular weight excluding hydrogens is 393 g/mol. The van der Waals surface area contributed by atoms with E-state index in [-0.39, 0.29) is 18.2 Å². The van der Waals surface area contributed by atoms with E-state index in [0.29, 0.717) is 5.92 Å². The fourth-order valence-corrected chi connectivity index (χ4v) is 4.26. The van der Waals surface area contributed by atoms with Crippen molar-refractivity contribution in [1.29, 1.82) is 0 Å². The smallest absolute Gasteiger partial charge is 0.147 e. The van der Waals surface area contributed by atoms with Gasteiger partial charge in [0.25, 0.3) is 0 Å². The van der Waals surface area contributed by atoms with Gasteiger partial charge in [0.15, 0.2) is 0 Å². The summed E-state index contributed by atoms with van der Waals surface area (Å²) in [6.45, 7) is 5.67. The summed E-state index contributed by atoms with van der Waals surface area (Å²) in [5, 5.41) is 16.6. The average molecular weight is 418 g/mol. The molecule has 154 valence electrons. The van der Waals surface area contributed by atoms with E-state index in [9.17, 15) is 4.39 Å². The van der Waals surface area contributed by atoms with E-state index in [1.807, 2.05) is 16.9 Å². The zero-order valence-corrected chi connectivity index (χ0v) is 17.0. The summed E-state index contributed by atoms with van der Waals surface area (Å²) in [4.78, 5) is 2.46. The first-order valence-electron chi connectivity index (χ1n) is 9.92. The summed E-state index contributed by atoms with van der Waals surface area (Å²) in [7, 11) is 0. The minimum absolute atomic E-state index is 0. The molecule has 9 heteroatoms. The summed E-state index contributed by atoms with van der Waals surface area (Å²) in [6.07, 6.45) is 3.99. The number of fused-ring (bicyclic) bond motifs is 1. The lowest BCUT2D eigenvalue weighted by molar-refractivity contribution is 0.196. The number of nitrogens with one attached hydrogen (secondary N) is 1. The van der Waals surface area contributed by atoms with Gasteiger partial charge in [-0.1, -0.05) is 0 Å². The fourth-order valence-electron chi connectivity index (χ4n) is 4.26. The van der Waals surface area contributed by atoms with Gasteiger partial charge in [0.1, 0.15) is 17.5 Å². The van der Waals surface area contributed by atoms with Crippen LogP contribution in [0.15, 0.2) is 36.5 Å². The lowest BCUT2D eigenvalue weighted by Crippen LogP contribution is -2.35. The second kappa shape index (κ2) is 8.61. The Bertz CT molecular complexity index is 944. The summed E-state index contributed by atoms with van der Waals surface area (Å²) >= 11 is 0. The first kappa shape index (κ1) is 20.0. The molecular formula is C20H25ClFN7. The highest BCUT2D eigenvalue weighted by Gasteiger charge is 2.27. The van der Waals surface area contributed by atoms with Crippen LogP contribution >= 0.6 is 12.4 Å². The summed E-state index contributed by atoms with van der Waals surface area (Å²) < 4.78 is 17.4. The molecule has 2 aromatic heterocycles. The van der Waals surface area contributed by atoms with E-state index in [0.717, 1.165) is 75.1 Å². The Morgan fingerprint density at radius 3 is 2.62 bits per heavy atom. The number of piperidine rings is 1. The molecule has 3 aromatic rings. The van der Waals surface area contributed by atoms with Crippen molar-refractivity contribution in [3.63, 3.8) is 0 Å². The molecule has 5 rings (SSSR count). The molecule has 4 heterocycles. The zero-order valence-electron chi connectivity index (χ0n) is 16.2. The molecule has 2 aliphatic rings. The molecule has 1 fully saturated rings. The second-order valence-corrected chi connectivity index (χ2v) is 7.56. The Hall–Kier alpha value is -2.29. The van der Waals surface area contributed by atoms with Crippen molar-refractivity contribution >= 4 is 12.4 Å². The fraction of sp³-hybridized carbons (Fsp3) is 0.450. The molecule has 0 spiro atoms. The van der Waals surface area contributed by atoms with Crippen LogP contribution in [0.1, 0.15) is 36.1 Å². The van der Waals surface area contributed by atoms with Crippen LogP contribution in [-0.4, -0.2) is 49.1 Å². The van der Waals surface area contributed by atoms with E-state index in [4.69, 9.17) is 0 Å². The Morgan fingerprint density at radius 1 is 1.03 bits per heavy atom. The van der Waals surface area contributed by atoms with Gasteiger partial charge >= 0.3 is 0 Å². The molecule has 0 bridgehead atoms. The molecule has 0 saturated carbocycles. The van der Waals surface area contributed by atoms with E-state index in [1.54, 1.807) is 12.1 Å². The third kappa shape index (κ3) is 4.05. The maximum atomic E-state index is 13.2. The minimum Gasteiger partial charge on any atom is -0.312 e. The van der Waals surface area contributed by atoms with Crippen LogP contribution in [0.3, 0.4) is 0 Å². The zero-order chi connectivity index (χ0) is 18.9. The lowest BCUT2D eigenvalue weighted by atomic mass is 9.95. The number of halogens is 2. The molecule has 7 nitrogen and oxygen atoms in total. The SMILES string of the molecule is Cl.Fc1ccc(-n2nccc2CN2CCC(c3nnc4n3CCNC4)CC2)cc1. The third-order valence-electron chi connectivity index (χ3n) is 5.78. The molecule has 2 aliphatic heterocycles. The summed E-state index contributed by atoms with van der Waals surface area (Å²) in [5.74, 6) is 2.47. The first-order valence-corrected chi connectivity index (χ1v) is 9.92. The highest BCUT2D eigenvalue weighted by atomic mass is 35.5. The largest absolute Gasteiger partial charge is 0.312 e. The van der Waals surface area contributed by atoms with Gasteiger partial charge in [0.05, 0.1) is 17.9 Å². The maximum absolute atomic E-state index is 13.2. The number of benzene rings is 1. The molecule has 1 aromatic carbocycles. The lowest BCUT2D eigenvalue weighted by Gasteiger charge is -2.32. The topological polar surface area (TPSA) is 63.8 Å². The van der Waals surface area contributed by atoms with E-state index < -0.39 is 0 Å². The molecule has 1 N–H and O–H groups in total. The van der Waals surface area contributed by atoms with Crippen LogP contribution < -0.4 is 5.32 Å². The maximum Gasteiger partial charge on any atom is 0.147 e. The van der Waals surface area contributed by atoms with Crippen LogP contribution in [0.2, 0.25) is 0 Å². The molecule has 0 unspecified atom stereocenters. The van der Waals surface area contributed by atoms with Crippen LogP contribution in [-0.2, 0) is 19.6 Å². The van der Waals surface area contributed by atoms with E-state index >= 15 is 0 Å². The van der Waals surface area contributed by atoms with Gasteiger partial charge in [-0.3, -0.25) is 4.90 Å². The van der Waals surface area contributed by atoms with Crippen LogP contribution in [0, 0.1) is 5.82 Å². The Morgan fingerprint density at radius 2 is 1.83 bits per heavy atom. The van der Waals surface area contributed by atoms with Gasteiger partial charge < -0.3 is 9.88 Å². The first-order chi connectivity index (χ1) is 13.8. The monoisotopic (exact) mass is 417 g/mol. The van der Waals surface area contributed by atoms with Crippen molar-refractivity contribution < 1.29 is 4.39 Å². The number of rotatable bonds is 4. The Kier molecular flexibility index (Phi) is 5.94. The standard InChI is InChI=1S/C20H24FN7.ClH/c21-16-1-3-17(4-2-16)28-18(5-8-23-28)14-26-10-6-15(7-11-26)20-25-24-19-13-22-9-12-27(19)20;/h1-5,8,15,22H,6-7,9-14H2;1H. The number of hydrogen-bond acceptors (Lipinski definition) is 5. The molecule has 0 aliphatic carbocycles. The van der Waals surface area contributed by atoms with Gasteiger partial charge in [0.2, 0.25) is 0 Å². The van der Waals surface area contributed by atoms with Gasteiger partial charge in [-0.05, 0) is 56.3 Å². The highest BCUT2D eigenvalue weighted by molar-refractivity contribution is 5.85. The van der Waals surface area contributed by atoms with Gasteiger partial charge in [0, 0.05) is 31.7 Å². The van der Waals surface area contributed by atoms with Crippen LogP contribution in [0.25, 0.3) is 5.69 Å². The molecule has 0 radical (unpaired) electrons. The normalized spacial score (nSPS) is 17.7. The molecule has 0 amide bonds. The summed E-state index contributed by atoms with van der Waals surface area (Å²) in [6, 6.07) is 8.52. The second-order valence-electron chi connectivity index (χ2n) is 7.56. The van der Waals surface area contributed by atoms with E-state index in [2.05, 4.69) is 30.1 Å². The molecule has 1 saturated heterocycles. The highest BCUT2D eigenvalue weighted by Crippen LogP contribution is 2.28. The van der Waals surface area contributed by atoms with Gasteiger partial charge in [-0.2, -0.15) is 5.10 Å². The van der Waals surface area contributed by atoms with Gasteiger partial charge in [-0.25, -0.2) is 9.07 Å². The third-order valence-corrected chi connectivity index (χ3v) is 5.78. The minimum atomic E-state index is -0.231. The van der Waals surface area contributed by atoms with Crippen molar-refractivity contribution in [2.75, 3.05) is 19.6 Å². The number of hydrogen-bond donors (Lipinski definition) is 1.